The first-order valence-electron chi connectivity index (χ1n) is 10.8. The fourth-order valence-electron chi connectivity index (χ4n) is 3.76. The highest BCUT2D eigenvalue weighted by Crippen LogP contribution is 2.39. The number of carbonyl (C=O) groups is 2. The molecular formula is C25H27N3O3S. The minimum Gasteiger partial charge on any atom is -0.481 e. The molecular weight excluding hydrogens is 422 g/mol. The Bertz CT molecular complexity index is 1140. The molecule has 0 saturated heterocycles. The van der Waals surface area contributed by atoms with Crippen LogP contribution in [0.2, 0.25) is 0 Å². The van der Waals surface area contributed by atoms with Gasteiger partial charge in [0, 0.05) is 23.8 Å². The molecule has 166 valence electrons. The zero-order valence-electron chi connectivity index (χ0n) is 18.5. The molecule has 32 heavy (non-hydrogen) atoms. The molecule has 0 bridgehead atoms. The van der Waals surface area contributed by atoms with E-state index in [4.69, 9.17) is 4.74 Å². The van der Waals surface area contributed by atoms with Gasteiger partial charge in [-0.25, -0.2) is 0 Å². The van der Waals surface area contributed by atoms with E-state index in [0.29, 0.717) is 22.9 Å². The summed E-state index contributed by atoms with van der Waals surface area (Å²) in [5.74, 6) is 0.203. The maximum Gasteiger partial charge on any atom is 0.265 e. The van der Waals surface area contributed by atoms with Gasteiger partial charge in [-0.2, -0.15) is 0 Å². The number of pyridine rings is 1. The zero-order valence-corrected chi connectivity index (χ0v) is 19.3. The fourth-order valence-corrected chi connectivity index (χ4v) is 5.05. The van der Waals surface area contributed by atoms with Crippen LogP contribution in [0.15, 0.2) is 42.7 Å². The Hall–Kier alpha value is -3.19. The lowest BCUT2D eigenvalue weighted by Gasteiger charge is -2.16. The van der Waals surface area contributed by atoms with Gasteiger partial charge in [0.15, 0.2) is 6.10 Å². The molecule has 4 rings (SSSR count). The van der Waals surface area contributed by atoms with E-state index in [1.807, 2.05) is 44.2 Å². The van der Waals surface area contributed by atoms with Gasteiger partial charge in [-0.1, -0.05) is 12.1 Å². The number of aromatic nitrogens is 1. The van der Waals surface area contributed by atoms with Crippen molar-refractivity contribution in [3.63, 3.8) is 0 Å². The third kappa shape index (κ3) is 4.83. The molecule has 1 aromatic carbocycles. The van der Waals surface area contributed by atoms with Crippen LogP contribution in [0, 0.1) is 13.8 Å². The number of amides is 2. The van der Waals surface area contributed by atoms with Gasteiger partial charge in [-0.15, -0.1) is 11.3 Å². The molecule has 0 spiro atoms. The van der Waals surface area contributed by atoms with Crippen LogP contribution in [0.3, 0.4) is 0 Å². The van der Waals surface area contributed by atoms with Crippen molar-refractivity contribution < 1.29 is 14.3 Å². The summed E-state index contributed by atoms with van der Waals surface area (Å²) in [6.07, 6.45) is 5.56. The molecule has 1 aliphatic carbocycles. The van der Waals surface area contributed by atoms with Crippen molar-refractivity contribution in [3.05, 3.63) is 75.4 Å². The number of rotatable bonds is 7. The zero-order chi connectivity index (χ0) is 22.7. The lowest BCUT2D eigenvalue weighted by atomic mass is 10.1. The number of nitrogens with one attached hydrogen (secondary N) is 2. The molecule has 2 heterocycles. The highest BCUT2D eigenvalue weighted by atomic mass is 32.1. The fraction of sp³-hybridized carbons (Fsp3) is 0.320. The molecule has 3 aromatic rings. The smallest absolute Gasteiger partial charge is 0.265 e. The van der Waals surface area contributed by atoms with Crippen LogP contribution >= 0.6 is 11.3 Å². The Kier molecular flexibility index (Phi) is 6.55. The van der Waals surface area contributed by atoms with Gasteiger partial charge in [0.25, 0.3) is 11.8 Å². The third-order valence-corrected chi connectivity index (χ3v) is 6.93. The SMILES string of the molecule is Cc1ccc(OC(C)C(=O)Nc2sc3c(c2C(=O)NCc2cccnc2)CCC3)cc1C. The third-order valence-electron chi connectivity index (χ3n) is 5.72. The highest BCUT2D eigenvalue weighted by molar-refractivity contribution is 7.17. The first-order valence-corrected chi connectivity index (χ1v) is 11.6. The van der Waals surface area contributed by atoms with Crippen molar-refractivity contribution >= 4 is 28.2 Å². The number of thiophene rings is 1. The van der Waals surface area contributed by atoms with Gasteiger partial charge >= 0.3 is 0 Å². The second kappa shape index (κ2) is 9.53. The van der Waals surface area contributed by atoms with Crippen molar-refractivity contribution in [1.82, 2.24) is 10.3 Å². The normalized spacial score (nSPS) is 13.3. The van der Waals surface area contributed by atoms with Crippen molar-refractivity contribution in [2.45, 2.75) is 52.7 Å². The largest absolute Gasteiger partial charge is 0.481 e. The summed E-state index contributed by atoms with van der Waals surface area (Å²) >= 11 is 1.49. The quantitative estimate of drug-likeness (QED) is 0.553. The molecule has 0 fully saturated rings. The molecule has 2 aromatic heterocycles. The molecule has 2 N–H and O–H groups in total. The first kappa shape index (κ1) is 22.0. The van der Waals surface area contributed by atoms with Crippen LogP contribution in [0.25, 0.3) is 0 Å². The van der Waals surface area contributed by atoms with E-state index in [9.17, 15) is 9.59 Å². The monoisotopic (exact) mass is 449 g/mol. The van der Waals surface area contributed by atoms with Crippen LogP contribution in [0.1, 0.15) is 50.8 Å². The number of benzene rings is 1. The maximum absolute atomic E-state index is 13.1. The van der Waals surface area contributed by atoms with Crippen LogP contribution < -0.4 is 15.4 Å². The van der Waals surface area contributed by atoms with Gasteiger partial charge in [0.05, 0.1) is 5.56 Å². The number of aryl methyl sites for hydroxylation is 3. The van der Waals surface area contributed by atoms with Crippen LogP contribution in [-0.4, -0.2) is 22.9 Å². The summed E-state index contributed by atoms with van der Waals surface area (Å²) in [5, 5.41) is 6.51. The Balaban J connectivity index is 1.47. The van der Waals surface area contributed by atoms with Gasteiger partial charge in [0.2, 0.25) is 0 Å². The second-order valence-electron chi connectivity index (χ2n) is 8.10. The molecule has 2 amide bonds. The summed E-state index contributed by atoms with van der Waals surface area (Å²) < 4.78 is 5.85. The minimum atomic E-state index is -0.694. The standard InChI is InChI=1S/C25H27N3O3S/c1-15-9-10-19(12-16(15)2)31-17(3)23(29)28-25-22(20-7-4-8-21(20)32-25)24(30)27-14-18-6-5-11-26-13-18/h5-6,9-13,17H,4,7-8,14H2,1-3H3,(H,27,30)(H,28,29). The van der Waals surface area contributed by atoms with E-state index < -0.39 is 6.10 Å². The van der Waals surface area contributed by atoms with Crippen molar-refractivity contribution in [2.24, 2.45) is 0 Å². The van der Waals surface area contributed by atoms with Crippen LogP contribution in [0.4, 0.5) is 5.00 Å². The van der Waals surface area contributed by atoms with Gasteiger partial charge in [-0.3, -0.25) is 14.6 Å². The molecule has 0 radical (unpaired) electrons. The Morgan fingerprint density at radius 3 is 2.78 bits per heavy atom. The number of hydrogen-bond acceptors (Lipinski definition) is 5. The number of ether oxygens (including phenoxy) is 1. The van der Waals surface area contributed by atoms with Crippen LogP contribution in [0.5, 0.6) is 5.75 Å². The molecule has 0 aliphatic heterocycles. The summed E-state index contributed by atoms with van der Waals surface area (Å²) in [5.41, 5.74) is 4.84. The van der Waals surface area contributed by atoms with E-state index in [0.717, 1.165) is 36.0 Å². The average Bonchev–Trinajstić information content (AvgIpc) is 3.36. The maximum atomic E-state index is 13.1. The van der Waals surface area contributed by atoms with Crippen molar-refractivity contribution in [2.75, 3.05) is 5.32 Å². The summed E-state index contributed by atoms with van der Waals surface area (Å²) in [6.45, 7) is 6.15. The van der Waals surface area contributed by atoms with Gasteiger partial charge < -0.3 is 15.4 Å². The second-order valence-corrected chi connectivity index (χ2v) is 9.21. The van der Waals surface area contributed by atoms with E-state index in [2.05, 4.69) is 15.6 Å². The number of anilines is 1. The summed E-state index contributed by atoms with van der Waals surface area (Å²) in [4.78, 5) is 31.2. The summed E-state index contributed by atoms with van der Waals surface area (Å²) in [6, 6.07) is 9.52. The molecule has 6 nitrogen and oxygen atoms in total. The highest BCUT2D eigenvalue weighted by Gasteiger charge is 2.28. The lowest BCUT2D eigenvalue weighted by Crippen LogP contribution is -2.31. The molecule has 7 heteroatoms. The summed E-state index contributed by atoms with van der Waals surface area (Å²) in [7, 11) is 0. The Labute approximate surface area is 192 Å². The number of carbonyl (C=O) groups excluding carboxylic acids is 2. The van der Waals surface area contributed by atoms with Gasteiger partial charge in [-0.05, 0) is 80.5 Å². The molecule has 1 unspecified atom stereocenters. The van der Waals surface area contributed by atoms with E-state index in [-0.39, 0.29) is 11.8 Å². The predicted octanol–water partition coefficient (Wildman–Crippen LogP) is 4.58. The predicted molar refractivity (Wildman–Crippen MR) is 126 cm³/mol. The topological polar surface area (TPSA) is 80.3 Å². The number of nitrogens with zero attached hydrogens (tertiary/aromatic N) is 1. The Morgan fingerprint density at radius 2 is 2.03 bits per heavy atom. The number of hydrogen-bond donors (Lipinski definition) is 2. The minimum absolute atomic E-state index is 0.175. The first-order chi connectivity index (χ1) is 15.4. The number of fused-ring (bicyclic) bond motifs is 1. The van der Waals surface area contributed by atoms with E-state index >= 15 is 0 Å². The van der Waals surface area contributed by atoms with E-state index in [1.165, 1.54) is 21.8 Å². The lowest BCUT2D eigenvalue weighted by molar-refractivity contribution is -0.122. The Morgan fingerprint density at radius 1 is 1.19 bits per heavy atom. The molecule has 1 atom stereocenters. The van der Waals surface area contributed by atoms with Crippen LogP contribution in [-0.2, 0) is 24.2 Å². The van der Waals surface area contributed by atoms with Gasteiger partial charge in [0.1, 0.15) is 10.8 Å². The molecule has 0 saturated carbocycles. The van der Waals surface area contributed by atoms with Crippen molar-refractivity contribution in [3.8, 4) is 5.75 Å². The van der Waals surface area contributed by atoms with E-state index in [1.54, 1.807) is 19.3 Å². The molecule has 1 aliphatic rings. The van der Waals surface area contributed by atoms with Crippen molar-refractivity contribution in [1.29, 1.82) is 0 Å². The average molecular weight is 450 g/mol.